The van der Waals surface area contributed by atoms with Crippen LogP contribution in [0.25, 0.3) is 11.5 Å². The third kappa shape index (κ3) is 5.02. The summed E-state index contributed by atoms with van der Waals surface area (Å²) < 4.78 is 30.1. The van der Waals surface area contributed by atoms with Crippen molar-refractivity contribution >= 4 is 21.6 Å². The highest BCUT2D eigenvalue weighted by molar-refractivity contribution is 7.88. The summed E-state index contributed by atoms with van der Waals surface area (Å²) in [4.78, 5) is 15.4. The maximum Gasteiger partial charge on any atom is 0.261 e. The molecule has 0 unspecified atom stereocenters. The summed E-state index contributed by atoms with van der Waals surface area (Å²) in [5.41, 5.74) is 0.756. The summed E-state index contributed by atoms with van der Waals surface area (Å²) in [5, 5.41) is 16.4. The molecule has 0 aliphatic rings. The number of anilines is 1. The maximum atomic E-state index is 11.8. The normalized spacial score (nSPS) is 11.9. The maximum absolute atomic E-state index is 11.8. The molecule has 1 aromatic heterocycles. The summed E-state index contributed by atoms with van der Waals surface area (Å²) >= 11 is 0. The largest absolute Gasteiger partial charge is 0.507 e. The fourth-order valence-corrected chi connectivity index (χ4v) is 3.66. The van der Waals surface area contributed by atoms with E-state index in [2.05, 4.69) is 15.5 Å². The molecule has 0 aliphatic carbocycles. The molecule has 1 aromatic carbocycles. The minimum Gasteiger partial charge on any atom is -0.507 e. The highest BCUT2D eigenvalue weighted by Gasteiger charge is 2.21. The van der Waals surface area contributed by atoms with Gasteiger partial charge >= 0.3 is 0 Å². The van der Waals surface area contributed by atoms with Crippen molar-refractivity contribution in [3.05, 3.63) is 24.0 Å². The SMILES string of the molecule is CC(=O)Nc1ccc(O)c(-c2nc(CCN(C(C)C)S(C)(=O)=O)no2)c1. The average molecular weight is 382 g/mol. The van der Waals surface area contributed by atoms with Gasteiger partial charge in [0.15, 0.2) is 5.82 Å². The number of sulfonamides is 1. The lowest BCUT2D eigenvalue weighted by atomic mass is 10.1. The molecule has 26 heavy (non-hydrogen) atoms. The Hall–Kier alpha value is -2.46. The van der Waals surface area contributed by atoms with Crippen LogP contribution in [0.5, 0.6) is 5.75 Å². The smallest absolute Gasteiger partial charge is 0.261 e. The number of amides is 1. The molecule has 0 fully saturated rings. The van der Waals surface area contributed by atoms with E-state index in [4.69, 9.17) is 4.52 Å². The topological polar surface area (TPSA) is 126 Å². The zero-order valence-electron chi connectivity index (χ0n) is 15.1. The van der Waals surface area contributed by atoms with Crippen molar-refractivity contribution in [2.24, 2.45) is 0 Å². The summed E-state index contributed by atoms with van der Waals surface area (Å²) in [5.74, 6) is 0.0791. The lowest BCUT2D eigenvalue weighted by Crippen LogP contribution is -2.37. The molecule has 0 radical (unpaired) electrons. The van der Waals surface area contributed by atoms with Crippen LogP contribution >= 0.6 is 0 Å². The third-order valence-electron chi connectivity index (χ3n) is 3.57. The van der Waals surface area contributed by atoms with Gasteiger partial charge in [-0.15, -0.1) is 0 Å². The quantitative estimate of drug-likeness (QED) is 0.697. The van der Waals surface area contributed by atoms with E-state index in [9.17, 15) is 18.3 Å². The number of aromatic hydroxyl groups is 1. The number of phenolic OH excluding ortho intramolecular Hbond substituents is 1. The lowest BCUT2D eigenvalue weighted by molar-refractivity contribution is -0.114. The van der Waals surface area contributed by atoms with E-state index >= 15 is 0 Å². The molecular weight excluding hydrogens is 360 g/mol. The van der Waals surface area contributed by atoms with Crippen LogP contribution in [-0.2, 0) is 21.2 Å². The molecule has 0 saturated carbocycles. The molecular formula is C16H22N4O5S. The Bertz CT molecular complexity index is 892. The molecule has 2 aromatic rings. The molecule has 0 spiro atoms. The van der Waals surface area contributed by atoms with Gasteiger partial charge in [-0.25, -0.2) is 8.42 Å². The van der Waals surface area contributed by atoms with Crippen molar-refractivity contribution in [3.63, 3.8) is 0 Å². The number of carbonyl (C=O) groups excluding carboxylic acids is 1. The summed E-state index contributed by atoms with van der Waals surface area (Å²) in [6.45, 7) is 5.16. The van der Waals surface area contributed by atoms with Crippen LogP contribution in [-0.4, -0.2) is 52.7 Å². The van der Waals surface area contributed by atoms with Gasteiger partial charge in [-0.3, -0.25) is 4.79 Å². The van der Waals surface area contributed by atoms with Gasteiger partial charge < -0.3 is 14.9 Å². The van der Waals surface area contributed by atoms with E-state index in [-0.39, 0.29) is 42.1 Å². The zero-order chi connectivity index (χ0) is 19.5. The van der Waals surface area contributed by atoms with Crippen molar-refractivity contribution in [3.8, 4) is 17.2 Å². The van der Waals surface area contributed by atoms with E-state index < -0.39 is 10.0 Å². The molecule has 0 saturated heterocycles. The number of nitrogens with zero attached hydrogens (tertiary/aromatic N) is 3. The minimum absolute atomic E-state index is 0.0748. The standard InChI is InChI=1S/C16H22N4O5S/c1-10(2)20(26(4,23)24)8-7-15-18-16(25-19-15)13-9-12(17-11(3)21)5-6-14(13)22/h5-6,9-10,22H,7-8H2,1-4H3,(H,17,21). The number of carbonyl (C=O) groups is 1. The number of nitrogens with one attached hydrogen (secondary N) is 1. The number of hydrogen-bond donors (Lipinski definition) is 2. The highest BCUT2D eigenvalue weighted by atomic mass is 32.2. The van der Waals surface area contributed by atoms with E-state index in [1.807, 2.05) is 0 Å². The fraction of sp³-hybridized carbons (Fsp3) is 0.438. The second kappa shape index (κ2) is 7.83. The van der Waals surface area contributed by atoms with Gasteiger partial charge in [0.25, 0.3) is 5.89 Å². The van der Waals surface area contributed by atoms with Crippen LogP contribution in [0.15, 0.2) is 22.7 Å². The van der Waals surface area contributed by atoms with Crippen LogP contribution in [0.1, 0.15) is 26.6 Å². The first-order valence-electron chi connectivity index (χ1n) is 7.98. The molecule has 0 atom stereocenters. The van der Waals surface area contributed by atoms with Crippen molar-refractivity contribution in [1.29, 1.82) is 0 Å². The molecule has 142 valence electrons. The van der Waals surface area contributed by atoms with Crippen LogP contribution in [0.2, 0.25) is 0 Å². The number of aromatic nitrogens is 2. The van der Waals surface area contributed by atoms with Crippen LogP contribution in [0.4, 0.5) is 5.69 Å². The second-order valence-corrected chi connectivity index (χ2v) is 8.08. The van der Waals surface area contributed by atoms with Crippen molar-refractivity contribution in [2.45, 2.75) is 33.2 Å². The molecule has 0 bridgehead atoms. The molecule has 0 aliphatic heterocycles. The van der Waals surface area contributed by atoms with Crippen LogP contribution < -0.4 is 5.32 Å². The van der Waals surface area contributed by atoms with E-state index in [1.54, 1.807) is 19.9 Å². The second-order valence-electron chi connectivity index (χ2n) is 6.15. The summed E-state index contributed by atoms with van der Waals surface area (Å²) in [6, 6.07) is 4.29. The van der Waals surface area contributed by atoms with Crippen LogP contribution in [0.3, 0.4) is 0 Å². The van der Waals surface area contributed by atoms with Gasteiger partial charge in [0.1, 0.15) is 5.75 Å². The predicted octanol–water partition coefficient (Wildman–Crippen LogP) is 1.61. The molecule has 1 amide bonds. The van der Waals surface area contributed by atoms with Gasteiger partial charge in [-0.1, -0.05) is 5.16 Å². The first-order chi connectivity index (χ1) is 12.1. The van der Waals surface area contributed by atoms with E-state index in [0.29, 0.717) is 11.5 Å². The van der Waals surface area contributed by atoms with Gasteiger partial charge in [-0.05, 0) is 32.0 Å². The molecule has 9 nitrogen and oxygen atoms in total. The van der Waals surface area contributed by atoms with Crippen molar-refractivity contribution < 1.29 is 22.8 Å². The van der Waals surface area contributed by atoms with Gasteiger partial charge in [0.05, 0.1) is 11.8 Å². The lowest BCUT2D eigenvalue weighted by Gasteiger charge is -2.23. The monoisotopic (exact) mass is 382 g/mol. The van der Waals surface area contributed by atoms with Gasteiger partial charge in [0.2, 0.25) is 15.9 Å². The average Bonchev–Trinajstić information content (AvgIpc) is 2.95. The Morgan fingerprint density at radius 3 is 2.65 bits per heavy atom. The fourth-order valence-electron chi connectivity index (χ4n) is 2.47. The number of phenols is 1. The summed E-state index contributed by atoms with van der Waals surface area (Å²) in [7, 11) is -3.34. The Morgan fingerprint density at radius 2 is 2.08 bits per heavy atom. The van der Waals surface area contributed by atoms with Crippen LogP contribution in [0, 0.1) is 0 Å². The summed E-state index contributed by atoms with van der Waals surface area (Å²) in [6.07, 6.45) is 1.42. The molecule has 1 heterocycles. The third-order valence-corrected chi connectivity index (χ3v) is 5.03. The molecule has 2 rings (SSSR count). The van der Waals surface area contributed by atoms with Gasteiger partial charge in [0, 0.05) is 31.6 Å². The highest BCUT2D eigenvalue weighted by Crippen LogP contribution is 2.30. The number of benzene rings is 1. The Kier molecular flexibility index (Phi) is 5.98. The number of hydrogen-bond acceptors (Lipinski definition) is 7. The van der Waals surface area contributed by atoms with Crippen molar-refractivity contribution in [1.82, 2.24) is 14.4 Å². The zero-order valence-corrected chi connectivity index (χ0v) is 15.9. The van der Waals surface area contributed by atoms with E-state index in [1.165, 1.54) is 23.4 Å². The van der Waals surface area contributed by atoms with Gasteiger partial charge in [-0.2, -0.15) is 9.29 Å². The first-order valence-corrected chi connectivity index (χ1v) is 9.83. The Balaban J connectivity index is 2.18. The minimum atomic E-state index is -3.34. The predicted molar refractivity (Wildman–Crippen MR) is 96.1 cm³/mol. The molecule has 2 N–H and O–H groups in total. The number of rotatable bonds is 7. The van der Waals surface area contributed by atoms with E-state index in [0.717, 1.165) is 6.26 Å². The Morgan fingerprint density at radius 1 is 1.38 bits per heavy atom. The van der Waals surface area contributed by atoms with Crippen molar-refractivity contribution in [2.75, 3.05) is 18.1 Å². The Labute approximate surface area is 152 Å². The molecule has 10 heteroatoms. The first kappa shape index (κ1) is 19.9.